The van der Waals surface area contributed by atoms with Crippen LogP contribution in [0.15, 0.2) is 191 Å². The minimum atomic E-state index is -1.60. The molecule has 0 radical (unpaired) electrons. The summed E-state index contributed by atoms with van der Waals surface area (Å²) >= 11 is 34.0. The molecule has 60 heavy (non-hydrogen) atoms. The molecule has 0 aromatic heterocycles. The first-order chi connectivity index (χ1) is 29.0. The second kappa shape index (κ2) is 16.4. The highest BCUT2D eigenvalue weighted by atomic mass is 79.9. The zero-order valence-electron chi connectivity index (χ0n) is 31.5. The maximum Gasteiger partial charge on any atom is 0.142 e. The molecular weight excluding hydrogens is 958 g/mol. The Morgan fingerprint density at radius 2 is 0.717 bits per heavy atom. The Labute approximate surface area is 384 Å². The average molecular weight is 990 g/mol. The molecular formula is C52H32Br2Cl4O2. The zero-order valence-corrected chi connectivity index (χ0v) is 37.7. The van der Waals surface area contributed by atoms with Crippen molar-refractivity contribution in [2.24, 2.45) is 0 Å². The lowest BCUT2D eigenvalue weighted by Crippen LogP contribution is -2.44. The molecule has 0 amide bonds. The van der Waals surface area contributed by atoms with Gasteiger partial charge in [-0.25, -0.2) is 0 Å². The van der Waals surface area contributed by atoms with Crippen LogP contribution in [0.1, 0.15) is 33.4 Å². The third kappa shape index (κ3) is 6.79. The van der Waals surface area contributed by atoms with E-state index < -0.39 is 11.2 Å². The van der Waals surface area contributed by atoms with Crippen LogP contribution in [0.3, 0.4) is 0 Å². The standard InChI is InChI=1S/C26H17BrCl2O2.C26H15BrCl2/c27-18-14-12-17(13-15-18)26(31)20-9-5-10-21(28)23(20)25(30,16-6-2-1-3-7-16)19-8-4-11-22(29)24(19)26;27-18-14-12-17(13-15-18)24-20-9-5-10-21(28)25(20)23(16-6-2-1-3-7-16)19-8-4-11-22(29)26(19)24/h1-15,30-31H;1-15H. The Morgan fingerprint density at radius 3 is 1.18 bits per heavy atom. The van der Waals surface area contributed by atoms with Gasteiger partial charge in [0.25, 0.3) is 0 Å². The fourth-order valence-corrected chi connectivity index (χ4v) is 10.4. The van der Waals surface area contributed by atoms with Crippen molar-refractivity contribution in [1.29, 1.82) is 0 Å². The number of halogens is 6. The van der Waals surface area contributed by atoms with Crippen LogP contribution in [-0.4, -0.2) is 10.2 Å². The normalized spacial score (nSPS) is 16.8. The van der Waals surface area contributed by atoms with Crippen LogP contribution in [0, 0.1) is 0 Å². The zero-order chi connectivity index (χ0) is 41.8. The summed E-state index contributed by atoms with van der Waals surface area (Å²) < 4.78 is 1.93. The van der Waals surface area contributed by atoms with Crippen molar-refractivity contribution < 1.29 is 10.2 Å². The molecule has 2 unspecified atom stereocenters. The van der Waals surface area contributed by atoms with Gasteiger partial charge in [-0.2, -0.15) is 0 Å². The Hall–Kier alpha value is -4.46. The number of benzene rings is 9. The molecule has 9 aromatic carbocycles. The summed E-state index contributed by atoms with van der Waals surface area (Å²) in [6.07, 6.45) is 0. The lowest BCUT2D eigenvalue weighted by Gasteiger charge is -2.46. The first-order valence-electron chi connectivity index (χ1n) is 19.0. The lowest BCUT2D eigenvalue weighted by atomic mass is 9.63. The number of rotatable bonds is 4. The lowest BCUT2D eigenvalue weighted by molar-refractivity contribution is 0.0749. The van der Waals surface area contributed by atoms with E-state index in [1.54, 1.807) is 36.4 Å². The first-order valence-corrected chi connectivity index (χ1v) is 22.1. The Kier molecular flexibility index (Phi) is 11.2. The van der Waals surface area contributed by atoms with Crippen molar-refractivity contribution in [1.82, 2.24) is 0 Å². The largest absolute Gasteiger partial charge is 0.376 e. The number of fused-ring (bicyclic) bond motifs is 4. The van der Waals surface area contributed by atoms with Gasteiger partial charge in [-0.05, 0) is 92.7 Å². The number of hydrogen-bond acceptors (Lipinski definition) is 2. The van der Waals surface area contributed by atoms with Crippen LogP contribution in [0.2, 0.25) is 20.1 Å². The highest BCUT2D eigenvalue weighted by molar-refractivity contribution is 9.10. The summed E-state index contributed by atoms with van der Waals surface area (Å²) in [7, 11) is 0. The van der Waals surface area contributed by atoms with Crippen LogP contribution in [0.4, 0.5) is 0 Å². The average Bonchev–Trinajstić information content (AvgIpc) is 3.26. The molecule has 2 N–H and O–H groups in total. The molecule has 0 fully saturated rings. The summed E-state index contributed by atoms with van der Waals surface area (Å²) in [4.78, 5) is 0. The van der Waals surface area contributed by atoms with Gasteiger partial charge >= 0.3 is 0 Å². The monoisotopic (exact) mass is 986 g/mol. The van der Waals surface area contributed by atoms with Crippen LogP contribution >= 0.6 is 78.3 Å². The van der Waals surface area contributed by atoms with Crippen molar-refractivity contribution in [2.45, 2.75) is 11.2 Å². The van der Waals surface area contributed by atoms with Crippen LogP contribution in [0.25, 0.3) is 43.8 Å². The predicted octanol–water partition coefficient (Wildman–Crippen LogP) is 16.0. The molecule has 2 nitrogen and oxygen atoms in total. The molecule has 2 atom stereocenters. The van der Waals surface area contributed by atoms with E-state index in [9.17, 15) is 10.2 Å². The third-order valence-corrected chi connectivity index (χ3v) is 13.6. The van der Waals surface area contributed by atoms with E-state index in [-0.39, 0.29) is 0 Å². The molecule has 8 heteroatoms. The maximum atomic E-state index is 12.4. The van der Waals surface area contributed by atoms with Gasteiger partial charge in [-0.15, -0.1) is 0 Å². The third-order valence-electron chi connectivity index (χ3n) is 11.2. The van der Waals surface area contributed by atoms with E-state index in [0.717, 1.165) is 62.8 Å². The van der Waals surface area contributed by atoms with Crippen molar-refractivity contribution in [2.75, 3.05) is 0 Å². The summed E-state index contributed by atoms with van der Waals surface area (Å²) in [5, 5.41) is 31.2. The van der Waals surface area contributed by atoms with Crippen molar-refractivity contribution in [3.05, 3.63) is 244 Å². The van der Waals surface area contributed by atoms with Crippen molar-refractivity contribution >= 4 is 99.8 Å². The highest BCUT2D eigenvalue weighted by Crippen LogP contribution is 2.56. The fourth-order valence-electron chi connectivity index (χ4n) is 8.69. The van der Waals surface area contributed by atoms with Gasteiger partial charge in [0.2, 0.25) is 0 Å². The Bertz CT molecular complexity index is 3070. The van der Waals surface area contributed by atoms with Gasteiger partial charge in [0.05, 0.1) is 0 Å². The van der Waals surface area contributed by atoms with Gasteiger partial charge in [0.1, 0.15) is 11.2 Å². The molecule has 9 aromatic rings. The molecule has 0 saturated carbocycles. The second-order valence-corrected chi connectivity index (χ2v) is 18.0. The van der Waals surface area contributed by atoms with Gasteiger partial charge in [0.15, 0.2) is 0 Å². The van der Waals surface area contributed by atoms with E-state index in [2.05, 4.69) is 92.5 Å². The molecule has 0 spiro atoms. The second-order valence-electron chi connectivity index (χ2n) is 14.6. The molecule has 0 bridgehead atoms. The molecule has 0 aliphatic heterocycles. The van der Waals surface area contributed by atoms with Gasteiger partial charge < -0.3 is 10.2 Å². The molecule has 0 saturated heterocycles. The van der Waals surface area contributed by atoms with E-state index in [0.29, 0.717) is 43.4 Å². The van der Waals surface area contributed by atoms with Crippen LogP contribution in [0.5, 0.6) is 0 Å². The summed E-state index contributed by atoms with van der Waals surface area (Å²) in [5.74, 6) is 0. The van der Waals surface area contributed by atoms with Crippen molar-refractivity contribution in [3.63, 3.8) is 0 Å². The van der Waals surface area contributed by atoms with Gasteiger partial charge in [-0.3, -0.25) is 0 Å². The summed E-state index contributed by atoms with van der Waals surface area (Å²) in [6, 6.07) is 58.2. The molecule has 1 aliphatic rings. The first kappa shape index (κ1) is 40.9. The van der Waals surface area contributed by atoms with Crippen LogP contribution in [-0.2, 0) is 11.2 Å². The summed E-state index contributed by atoms with van der Waals surface area (Å²) in [6.45, 7) is 0. The SMILES string of the molecule is Clc1cccc2c(-c3ccc(Br)cc3)c3c(Cl)cccc3c(-c3ccccc3)c12.OC1(c2ccccc2)c2cccc(Cl)c2C(O)(c2ccc(Br)cc2)c2cccc(Cl)c21. The summed E-state index contributed by atoms with van der Waals surface area (Å²) in [5.41, 5.74) is 4.43. The van der Waals surface area contributed by atoms with E-state index >= 15 is 0 Å². The smallest absolute Gasteiger partial charge is 0.142 e. The minimum Gasteiger partial charge on any atom is -0.376 e. The minimum absolute atomic E-state index is 0.364. The number of aliphatic hydroxyl groups is 2. The van der Waals surface area contributed by atoms with Crippen LogP contribution < -0.4 is 0 Å². The Morgan fingerprint density at radius 1 is 0.350 bits per heavy atom. The fraction of sp³-hybridized carbons (Fsp3) is 0.0385. The molecule has 1 aliphatic carbocycles. The van der Waals surface area contributed by atoms with E-state index in [1.807, 2.05) is 84.9 Å². The molecule has 294 valence electrons. The molecule has 0 heterocycles. The Balaban J connectivity index is 0.000000154. The molecule has 10 rings (SSSR count). The predicted molar refractivity (Wildman–Crippen MR) is 258 cm³/mol. The number of hydrogen-bond donors (Lipinski definition) is 2. The topological polar surface area (TPSA) is 40.5 Å². The van der Waals surface area contributed by atoms with Gasteiger partial charge in [-0.1, -0.05) is 212 Å². The van der Waals surface area contributed by atoms with E-state index in [4.69, 9.17) is 46.4 Å². The van der Waals surface area contributed by atoms with E-state index in [1.165, 1.54) is 0 Å². The highest BCUT2D eigenvalue weighted by Gasteiger charge is 2.53. The van der Waals surface area contributed by atoms with Crippen molar-refractivity contribution in [3.8, 4) is 22.3 Å². The quantitative estimate of drug-likeness (QED) is 0.173. The van der Waals surface area contributed by atoms with Gasteiger partial charge in [0, 0.05) is 62.1 Å². The maximum absolute atomic E-state index is 12.4.